The molecule has 1 heterocycles. The smallest absolute Gasteiger partial charge is 0.265 e. The summed E-state index contributed by atoms with van der Waals surface area (Å²) in [5, 5.41) is 10.5. The fourth-order valence-electron chi connectivity index (χ4n) is 1.94. The van der Waals surface area contributed by atoms with Gasteiger partial charge in [0.25, 0.3) is 11.8 Å². The highest BCUT2D eigenvalue weighted by molar-refractivity contribution is 7.12. The number of thiophene rings is 1. The van der Waals surface area contributed by atoms with Gasteiger partial charge >= 0.3 is 0 Å². The van der Waals surface area contributed by atoms with Crippen molar-refractivity contribution in [2.24, 2.45) is 0 Å². The largest absolute Gasteiger partial charge is 0.352 e. The Hall–Kier alpha value is -2.18. The highest BCUT2D eigenvalue weighted by Gasteiger charge is 2.14. The van der Waals surface area contributed by atoms with Crippen LogP contribution in [0.2, 0.25) is 0 Å². The highest BCUT2D eigenvalue weighted by atomic mass is 32.1. The third-order valence-corrected chi connectivity index (χ3v) is 3.92. The van der Waals surface area contributed by atoms with Gasteiger partial charge < -0.3 is 16.0 Å². The molecule has 2 rings (SSSR count). The zero-order valence-corrected chi connectivity index (χ0v) is 13.2. The van der Waals surface area contributed by atoms with E-state index in [1.165, 1.54) is 11.3 Å². The monoisotopic (exact) mass is 317 g/mol. The molecule has 0 aliphatic rings. The van der Waals surface area contributed by atoms with Crippen LogP contribution in [-0.2, 0) is 0 Å². The molecule has 0 spiro atoms. The topological polar surface area (TPSA) is 70.2 Å². The Bertz CT molecular complexity index is 626. The first-order valence-electron chi connectivity index (χ1n) is 7.09. The van der Waals surface area contributed by atoms with Gasteiger partial charge in [0.05, 0.1) is 16.1 Å². The number of hydrogen-bond acceptors (Lipinski definition) is 4. The summed E-state index contributed by atoms with van der Waals surface area (Å²) in [6.07, 6.45) is 0.853. The molecular formula is C16H19N3O2S. The highest BCUT2D eigenvalue weighted by Crippen LogP contribution is 2.17. The molecule has 6 heteroatoms. The van der Waals surface area contributed by atoms with E-state index in [0.29, 0.717) is 22.7 Å². The molecule has 1 aromatic heterocycles. The van der Waals surface area contributed by atoms with Gasteiger partial charge in [-0.1, -0.05) is 18.2 Å². The molecule has 0 saturated heterocycles. The van der Waals surface area contributed by atoms with Gasteiger partial charge in [-0.05, 0) is 43.6 Å². The second-order valence-corrected chi connectivity index (χ2v) is 5.64. The lowest BCUT2D eigenvalue weighted by atomic mass is 10.1. The minimum atomic E-state index is -0.203. The summed E-state index contributed by atoms with van der Waals surface area (Å²) in [7, 11) is 1.87. The molecule has 1 aromatic carbocycles. The van der Waals surface area contributed by atoms with Crippen molar-refractivity contribution in [3.05, 3.63) is 52.2 Å². The number of carbonyl (C=O) groups excluding carboxylic acids is 2. The first kappa shape index (κ1) is 16.2. The van der Waals surface area contributed by atoms with Crippen LogP contribution in [0.15, 0.2) is 41.8 Å². The molecule has 22 heavy (non-hydrogen) atoms. The lowest BCUT2D eigenvalue weighted by Crippen LogP contribution is -2.27. The zero-order valence-electron chi connectivity index (χ0n) is 12.4. The molecule has 0 unspecified atom stereocenters. The maximum absolute atomic E-state index is 12.2. The molecule has 2 aromatic rings. The molecule has 0 aliphatic heterocycles. The van der Waals surface area contributed by atoms with Crippen molar-refractivity contribution in [3.63, 3.8) is 0 Å². The number of nitrogens with one attached hydrogen (secondary N) is 3. The van der Waals surface area contributed by atoms with Gasteiger partial charge in [0.15, 0.2) is 0 Å². The lowest BCUT2D eigenvalue weighted by molar-refractivity contribution is 0.0954. The summed E-state index contributed by atoms with van der Waals surface area (Å²) in [6, 6.07) is 10.6. The summed E-state index contributed by atoms with van der Waals surface area (Å²) in [5.74, 6) is -0.386. The van der Waals surface area contributed by atoms with Crippen molar-refractivity contribution in [1.82, 2.24) is 10.6 Å². The van der Waals surface area contributed by atoms with Crippen LogP contribution in [0, 0.1) is 0 Å². The number of amides is 2. The van der Waals surface area contributed by atoms with Crippen molar-refractivity contribution < 1.29 is 9.59 Å². The predicted molar refractivity (Wildman–Crippen MR) is 89.6 cm³/mol. The van der Waals surface area contributed by atoms with Gasteiger partial charge in [0, 0.05) is 6.54 Å². The predicted octanol–water partition coefficient (Wildman–Crippen LogP) is 2.34. The molecule has 0 atom stereocenters. The molecule has 0 bridgehead atoms. The Morgan fingerprint density at radius 1 is 1.05 bits per heavy atom. The Morgan fingerprint density at radius 2 is 1.86 bits per heavy atom. The molecule has 3 N–H and O–H groups in total. The van der Waals surface area contributed by atoms with Crippen LogP contribution in [0.4, 0.5) is 5.69 Å². The Balaban J connectivity index is 2.03. The standard InChI is InChI=1S/C16H19N3O2S/c1-17-9-5-10-18-15(20)12-6-2-3-7-13(12)19-16(21)14-8-4-11-22-14/h2-4,6-8,11,17H,5,9-10H2,1H3,(H,18,20)(H,19,21). The number of hydrogen-bond donors (Lipinski definition) is 3. The third kappa shape index (κ3) is 4.41. The van der Waals surface area contributed by atoms with E-state index in [-0.39, 0.29) is 11.8 Å². The molecule has 5 nitrogen and oxygen atoms in total. The SMILES string of the molecule is CNCCCNC(=O)c1ccccc1NC(=O)c1cccs1. The third-order valence-electron chi connectivity index (χ3n) is 3.05. The van der Waals surface area contributed by atoms with Crippen molar-refractivity contribution in [2.45, 2.75) is 6.42 Å². The molecule has 0 aliphatic carbocycles. The van der Waals surface area contributed by atoms with Gasteiger partial charge in [-0.15, -0.1) is 11.3 Å². The molecule has 0 fully saturated rings. The second-order valence-electron chi connectivity index (χ2n) is 4.69. The summed E-state index contributed by atoms with van der Waals surface area (Å²) >= 11 is 1.36. The van der Waals surface area contributed by atoms with E-state index in [0.717, 1.165) is 13.0 Å². The van der Waals surface area contributed by atoms with Gasteiger partial charge in [-0.3, -0.25) is 9.59 Å². The van der Waals surface area contributed by atoms with Crippen molar-refractivity contribution in [2.75, 3.05) is 25.5 Å². The van der Waals surface area contributed by atoms with Crippen LogP contribution in [0.1, 0.15) is 26.5 Å². The Morgan fingerprint density at radius 3 is 2.59 bits per heavy atom. The first-order chi connectivity index (χ1) is 10.7. The summed E-state index contributed by atoms with van der Waals surface area (Å²) in [4.78, 5) is 24.9. The van der Waals surface area contributed by atoms with Crippen LogP contribution in [0.3, 0.4) is 0 Å². The first-order valence-corrected chi connectivity index (χ1v) is 7.97. The van der Waals surface area contributed by atoms with Gasteiger partial charge in [-0.25, -0.2) is 0 Å². The van der Waals surface area contributed by atoms with Crippen LogP contribution in [-0.4, -0.2) is 32.0 Å². The van der Waals surface area contributed by atoms with E-state index in [1.54, 1.807) is 30.3 Å². The number of anilines is 1. The number of rotatable bonds is 7. The van der Waals surface area contributed by atoms with Crippen LogP contribution >= 0.6 is 11.3 Å². The normalized spacial score (nSPS) is 10.2. The van der Waals surface area contributed by atoms with Crippen molar-refractivity contribution >= 4 is 28.8 Å². The summed E-state index contributed by atoms with van der Waals surface area (Å²) < 4.78 is 0. The maximum Gasteiger partial charge on any atom is 0.265 e. The fraction of sp³-hybridized carbons (Fsp3) is 0.250. The van der Waals surface area contributed by atoms with Crippen LogP contribution < -0.4 is 16.0 Å². The van der Waals surface area contributed by atoms with Crippen molar-refractivity contribution in [1.29, 1.82) is 0 Å². The summed E-state index contributed by atoms with van der Waals surface area (Å²) in [6.45, 7) is 1.43. The van der Waals surface area contributed by atoms with Gasteiger partial charge in [0.1, 0.15) is 0 Å². The average Bonchev–Trinajstić information content (AvgIpc) is 3.06. The average molecular weight is 317 g/mol. The minimum absolute atomic E-state index is 0.182. The van der Waals surface area contributed by atoms with E-state index in [2.05, 4.69) is 16.0 Å². The van der Waals surface area contributed by atoms with Gasteiger partial charge in [-0.2, -0.15) is 0 Å². The molecular weight excluding hydrogens is 298 g/mol. The maximum atomic E-state index is 12.2. The van der Waals surface area contributed by atoms with E-state index in [1.807, 2.05) is 18.5 Å². The van der Waals surface area contributed by atoms with E-state index < -0.39 is 0 Å². The Kier molecular flexibility index (Phi) is 6.12. The van der Waals surface area contributed by atoms with E-state index in [9.17, 15) is 9.59 Å². The van der Waals surface area contributed by atoms with Gasteiger partial charge in [0.2, 0.25) is 0 Å². The molecule has 0 saturated carbocycles. The fourth-order valence-corrected chi connectivity index (χ4v) is 2.56. The van der Waals surface area contributed by atoms with Crippen molar-refractivity contribution in [3.8, 4) is 0 Å². The molecule has 0 radical (unpaired) electrons. The van der Waals surface area contributed by atoms with Crippen LogP contribution in [0.25, 0.3) is 0 Å². The number of carbonyl (C=O) groups is 2. The zero-order chi connectivity index (χ0) is 15.8. The minimum Gasteiger partial charge on any atom is -0.352 e. The number of para-hydroxylation sites is 1. The Labute approximate surface area is 133 Å². The van der Waals surface area contributed by atoms with E-state index in [4.69, 9.17) is 0 Å². The second kappa shape index (κ2) is 8.31. The molecule has 2 amide bonds. The quantitative estimate of drug-likeness (QED) is 0.687. The van der Waals surface area contributed by atoms with E-state index >= 15 is 0 Å². The van der Waals surface area contributed by atoms with Crippen LogP contribution in [0.5, 0.6) is 0 Å². The molecule has 116 valence electrons. The summed E-state index contributed by atoms with van der Waals surface area (Å²) in [5.41, 5.74) is 0.990. The number of benzene rings is 1. The lowest BCUT2D eigenvalue weighted by Gasteiger charge is -2.11.